The number of fused-ring (bicyclic) bond motifs is 1. The lowest BCUT2D eigenvalue weighted by Gasteiger charge is -2.27. The molecule has 3 N–H and O–H groups in total. The van der Waals surface area contributed by atoms with E-state index in [0.29, 0.717) is 16.7 Å². The van der Waals surface area contributed by atoms with E-state index in [-0.39, 0.29) is 12.4 Å². The van der Waals surface area contributed by atoms with Gasteiger partial charge in [-0.25, -0.2) is 4.79 Å². The molecule has 0 unspecified atom stereocenters. The molecule has 1 saturated heterocycles. The van der Waals surface area contributed by atoms with Crippen LogP contribution in [0.15, 0.2) is 73.2 Å². The third-order valence-corrected chi connectivity index (χ3v) is 5.81. The van der Waals surface area contributed by atoms with Crippen LogP contribution in [0.3, 0.4) is 0 Å². The Kier molecular flexibility index (Phi) is 4.55. The summed E-state index contributed by atoms with van der Waals surface area (Å²) < 4.78 is 6.80. The van der Waals surface area contributed by atoms with Crippen LogP contribution in [0.1, 0.15) is 5.56 Å². The first-order chi connectivity index (χ1) is 15.5. The van der Waals surface area contributed by atoms with Gasteiger partial charge in [0.15, 0.2) is 11.4 Å². The third kappa shape index (κ3) is 3.13. The summed E-state index contributed by atoms with van der Waals surface area (Å²) in [6.45, 7) is 0.0159. The van der Waals surface area contributed by atoms with Crippen LogP contribution in [0.2, 0.25) is 0 Å². The van der Waals surface area contributed by atoms with Crippen LogP contribution < -0.4 is 15.4 Å². The van der Waals surface area contributed by atoms with Crippen LogP contribution in [-0.4, -0.2) is 33.7 Å². The van der Waals surface area contributed by atoms with Gasteiger partial charge in [0.2, 0.25) is 0 Å². The van der Waals surface area contributed by atoms with Crippen molar-refractivity contribution in [1.82, 2.24) is 20.2 Å². The van der Waals surface area contributed by atoms with E-state index in [1.807, 2.05) is 42.5 Å². The number of rotatable bonds is 5. The highest BCUT2D eigenvalue weighted by atomic mass is 16.5. The smallest absolute Gasteiger partial charge is 0.322 e. The van der Waals surface area contributed by atoms with Gasteiger partial charge in [0, 0.05) is 29.4 Å². The number of hydrogen-bond donors (Lipinski definition) is 3. The molecule has 5 rings (SSSR count). The first kappa shape index (κ1) is 19.6. The molecular weight excluding hydrogens is 408 g/mol. The summed E-state index contributed by atoms with van der Waals surface area (Å²) in [4.78, 5) is 29.1. The van der Waals surface area contributed by atoms with Crippen molar-refractivity contribution in [1.29, 1.82) is 0 Å². The molecule has 3 amide bonds. The van der Waals surface area contributed by atoms with Crippen molar-refractivity contribution in [2.24, 2.45) is 0 Å². The maximum atomic E-state index is 13.0. The molecule has 160 valence electrons. The van der Waals surface area contributed by atoms with Crippen LogP contribution in [0, 0.1) is 0 Å². The standard InChI is InChI=1S/C24H20N4O4/c1-32-19-7-4-17-13-28(21(29)20(17)12-19)14-24(22(30)26-23(31)27-24)18-5-2-15(3-6-18)16-8-10-25-11-9-16/h2-13,29H,14H2,1H3,(H2,26,27,30,31)/t24-/m0/s1. The maximum Gasteiger partial charge on any atom is 0.322 e. The lowest BCUT2D eigenvalue weighted by atomic mass is 9.88. The number of ether oxygens (including phenoxy) is 1. The third-order valence-electron chi connectivity index (χ3n) is 5.81. The number of pyridine rings is 1. The Balaban J connectivity index is 1.56. The fourth-order valence-corrected chi connectivity index (χ4v) is 4.12. The number of urea groups is 1. The minimum atomic E-state index is -1.37. The van der Waals surface area contributed by atoms with Crippen molar-refractivity contribution in [3.63, 3.8) is 0 Å². The lowest BCUT2D eigenvalue weighted by molar-refractivity contribution is -0.124. The van der Waals surface area contributed by atoms with Crippen LogP contribution >= 0.6 is 0 Å². The highest BCUT2D eigenvalue weighted by Crippen LogP contribution is 2.35. The molecule has 32 heavy (non-hydrogen) atoms. The van der Waals surface area contributed by atoms with Crippen LogP contribution in [0.25, 0.3) is 21.9 Å². The molecule has 0 radical (unpaired) electrons. The average molecular weight is 428 g/mol. The number of aromatic nitrogens is 2. The molecule has 0 saturated carbocycles. The number of nitrogens with zero attached hydrogens (tertiary/aromatic N) is 2. The Morgan fingerprint density at radius 1 is 1.03 bits per heavy atom. The van der Waals surface area contributed by atoms with E-state index >= 15 is 0 Å². The van der Waals surface area contributed by atoms with Crippen molar-refractivity contribution in [3.8, 4) is 22.8 Å². The number of carbonyl (C=O) groups excluding carboxylic acids is 2. The number of methoxy groups -OCH3 is 1. The summed E-state index contributed by atoms with van der Waals surface area (Å²) in [5.41, 5.74) is 1.18. The predicted molar refractivity (Wildman–Crippen MR) is 118 cm³/mol. The minimum absolute atomic E-state index is 0.0133. The molecule has 4 aromatic rings. The van der Waals surface area contributed by atoms with E-state index in [0.717, 1.165) is 16.5 Å². The van der Waals surface area contributed by atoms with Crippen LogP contribution in [-0.2, 0) is 16.9 Å². The second-order valence-electron chi connectivity index (χ2n) is 7.66. The van der Waals surface area contributed by atoms with E-state index in [1.54, 1.807) is 42.4 Å². The second-order valence-corrected chi connectivity index (χ2v) is 7.66. The molecule has 0 bridgehead atoms. The van der Waals surface area contributed by atoms with Gasteiger partial charge in [0.05, 0.1) is 13.7 Å². The van der Waals surface area contributed by atoms with E-state index in [1.165, 1.54) is 0 Å². The first-order valence-electron chi connectivity index (χ1n) is 10.0. The van der Waals surface area contributed by atoms with E-state index in [4.69, 9.17) is 4.74 Å². The normalized spacial score (nSPS) is 17.9. The summed E-state index contributed by atoms with van der Waals surface area (Å²) in [7, 11) is 1.55. The molecule has 8 heteroatoms. The molecule has 1 atom stereocenters. The van der Waals surface area contributed by atoms with Gasteiger partial charge in [-0.05, 0) is 47.0 Å². The Bertz CT molecular complexity index is 1330. The molecule has 1 aliphatic heterocycles. The van der Waals surface area contributed by atoms with Gasteiger partial charge in [-0.3, -0.25) is 15.1 Å². The quantitative estimate of drug-likeness (QED) is 0.424. The highest BCUT2D eigenvalue weighted by Gasteiger charge is 2.48. The zero-order chi connectivity index (χ0) is 22.3. The van der Waals surface area contributed by atoms with Gasteiger partial charge < -0.3 is 19.7 Å². The van der Waals surface area contributed by atoms with Crippen LogP contribution in [0.4, 0.5) is 4.79 Å². The SMILES string of the molecule is COc1ccc2cn(C[C@@]3(c4ccc(-c5ccncc5)cc4)NC(=O)NC3=O)c(O)c2c1. The summed E-state index contributed by atoms with van der Waals surface area (Å²) in [5.74, 6) is 0.119. The topological polar surface area (TPSA) is 105 Å². The monoisotopic (exact) mass is 428 g/mol. The number of benzene rings is 2. The number of nitrogens with one attached hydrogen (secondary N) is 2. The summed E-state index contributed by atoms with van der Waals surface area (Å²) in [6.07, 6.45) is 5.17. The molecule has 2 aromatic heterocycles. The van der Waals surface area contributed by atoms with Crippen LogP contribution in [0.5, 0.6) is 11.6 Å². The molecule has 0 spiro atoms. The summed E-state index contributed by atoms with van der Waals surface area (Å²) in [6, 6.07) is 16.0. The van der Waals surface area contributed by atoms with E-state index in [2.05, 4.69) is 15.6 Å². The van der Waals surface area contributed by atoms with Gasteiger partial charge in [0.1, 0.15) is 5.75 Å². The van der Waals surface area contributed by atoms with Gasteiger partial charge in [-0.2, -0.15) is 0 Å². The Morgan fingerprint density at radius 2 is 1.75 bits per heavy atom. The zero-order valence-corrected chi connectivity index (χ0v) is 17.2. The largest absolute Gasteiger partial charge is 0.497 e. The number of hydrogen-bond acceptors (Lipinski definition) is 5. The van der Waals surface area contributed by atoms with E-state index < -0.39 is 17.5 Å². The molecule has 1 fully saturated rings. The fraction of sp³-hybridized carbons (Fsp3) is 0.125. The average Bonchev–Trinajstić information content (AvgIpc) is 3.29. The number of aromatic hydroxyl groups is 1. The fourth-order valence-electron chi connectivity index (χ4n) is 4.12. The zero-order valence-electron chi connectivity index (χ0n) is 17.2. The van der Waals surface area contributed by atoms with Crippen molar-refractivity contribution in [2.75, 3.05) is 7.11 Å². The van der Waals surface area contributed by atoms with Gasteiger partial charge in [-0.15, -0.1) is 0 Å². The van der Waals surface area contributed by atoms with Crippen molar-refractivity contribution in [3.05, 3.63) is 78.8 Å². The van der Waals surface area contributed by atoms with Gasteiger partial charge >= 0.3 is 6.03 Å². The van der Waals surface area contributed by atoms with Crippen molar-refractivity contribution < 1.29 is 19.4 Å². The molecule has 8 nitrogen and oxygen atoms in total. The minimum Gasteiger partial charge on any atom is -0.497 e. The summed E-state index contributed by atoms with van der Waals surface area (Å²) in [5, 5.41) is 17.3. The van der Waals surface area contributed by atoms with Crippen molar-refractivity contribution in [2.45, 2.75) is 12.1 Å². The number of carbonyl (C=O) groups is 2. The highest BCUT2D eigenvalue weighted by molar-refractivity contribution is 6.07. The molecular formula is C24H20N4O4. The maximum absolute atomic E-state index is 13.0. The second kappa shape index (κ2) is 7.42. The molecule has 1 aliphatic rings. The molecule has 2 aromatic carbocycles. The number of imide groups is 1. The first-order valence-corrected chi connectivity index (χ1v) is 10.0. The molecule has 0 aliphatic carbocycles. The molecule has 3 heterocycles. The predicted octanol–water partition coefficient (Wildman–Crippen LogP) is 3.15. The van der Waals surface area contributed by atoms with Crippen molar-refractivity contribution >= 4 is 22.7 Å². The van der Waals surface area contributed by atoms with E-state index in [9.17, 15) is 14.7 Å². The summed E-state index contributed by atoms with van der Waals surface area (Å²) >= 11 is 0. The lowest BCUT2D eigenvalue weighted by Crippen LogP contribution is -2.47. The van der Waals surface area contributed by atoms with Gasteiger partial charge in [0.25, 0.3) is 5.91 Å². The Morgan fingerprint density at radius 3 is 2.41 bits per heavy atom. The Hall–Kier alpha value is -4.33. The Labute approximate surface area is 183 Å². The number of amides is 3. The van der Waals surface area contributed by atoms with Gasteiger partial charge in [-0.1, -0.05) is 24.3 Å².